The van der Waals surface area contributed by atoms with Gasteiger partial charge < -0.3 is 4.52 Å². The van der Waals surface area contributed by atoms with Crippen molar-refractivity contribution in [3.8, 4) is 0 Å². The van der Waals surface area contributed by atoms with Crippen molar-refractivity contribution >= 4 is 24.2 Å². The van der Waals surface area contributed by atoms with Gasteiger partial charge >= 0.3 is 7.60 Å². The van der Waals surface area contributed by atoms with E-state index in [1.165, 1.54) is 0 Å². The van der Waals surface area contributed by atoms with Crippen molar-refractivity contribution in [1.29, 1.82) is 0 Å². The highest BCUT2D eigenvalue weighted by molar-refractivity contribution is 7.62. The fourth-order valence-corrected chi connectivity index (χ4v) is 4.75. The Morgan fingerprint density at radius 1 is 1.17 bits per heavy atom. The van der Waals surface area contributed by atoms with Gasteiger partial charge in [-0.05, 0) is 18.6 Å². The minimum atomic E-state index is -3.40. The van der Waals surface area contributed by atoms with Crippen LogP contribution in [0.25, 0.3) is 11.3 Å². The molecule has 124 valence electrons. The average Bonchev–Trinajstić information content (AvgIpc) is 2.62. The van der Waals surface area contributed by atoms with Crippen molar-refractivity contribution in [2.24, 2.45) is 5.92 Å². The summed E-state index contributed by atoms with van der Waals surface area (Å²) in [6.07, 6.45) is 1.87. The first kappa shape index (κ1) is 16.8. The average molecular weight is 340 g/mol. The number of hydrogen-bond acceptors (Lipinski definition) is 3. The molecule has 0 saturated carbocycles. The molecule has 0 radical (unpaired) electrons. The molecule has 0 aliphatic carbocycles. The Kier molecular flexibility index (Phi) is 4.75. The fourth-order valence-electron chi connectivity index (χ4n) is 2.91. The SMILES string of the molecule is C=CC(C)C1=C(c2ccccc2)OP(=O)(OCC)c2ccccc21. The standard InChI is InChI=1S/C20H21O3P/c1-4-15(3)19-17-13-9-10-14-18(17)24(21,22-5-2)23-20(19)16-11-7-6-8-12-16/h4,6-15H,1,5H2,2-3H3. The highest BCUT2D eigenvalue weighted by Crippen LogP contribution is 2.57. The fraction of sp³-hybridized carbons (Fsp3) is 0.200. The van der Waals surface area contributed by atoms with Crippen molar-refractivity contribution in [1.82, 2.24) is 0 Å². The molecular weight excluding hydrogens is 319 g/mol. The lowest BCUT2D eigenvalue weighted by atomic mass is 9.90. The van der Waals surface area contributed by atoms with Crippen LogP contribution in [-0.4, -0.2) is 6.61 Å². The highest BCUT2D eigenvalue weighted by Gasteiger charge is 2.39. The summed E-state index contributed by atoms with van der Waals surface area (Å²) in [6, 6.07) is 17.3. The van der Waals surface area contributed by atoms with Crippen LogP contribution in [0.15, 0.2) is 67.3 Å². The Bertz CT molecular complexity index is 824. The van der Waals surface area contributed by atoms with E-state index >= 15 is 0 Å². The van der Waals surface area contributed by atoms with E-state index in [4.69, 9.17) is 9.05 Å². The number of allylic oxidation sites excluding steroid dienone is 2. The minimum Gasteiger partial charge on any atom is -0.420 e. The van der Waals surface area contributed by atoms with Gasteiger partial charge in [0.25, 0.3) is 0 Å². The van der Waals surface area contributed by atoms with E-state index in [1.807, 2.05) is 67.6 Å². The first-order valence-electron chi connectivity index (χ1n) is 8.07. The van der Waals surface area contributed by atoms with Crippen molar-refractivity contribution in [2.45, 2.75) is 13.8 Å². The van der Waals surface area contributed by atoms with Crippen molar-refractivity contribution in [3.05, 3.63) is 78.4 Å². The molecule has 2 atom stereocenters. The molecule has 2 unspecified atom stereocenters. The molecule has 2 aromatic rings. The van der Waals surface area contributed by atoms with Gasteiger partial charge in [-0.1, -0.05) is 61.5 Å². The maximum Gasteiger partial charge on any atom is 0.411 e. The first-order chi connectivity index (χ1) is 11.6. The second-order valence-corrected chi connectivity index (χ2v) is 7.57. The predicted molar refractivity (Wildman–Crippen MR) is 99.0 cm³/mol. The van der Waals surface area contributed by atoms with Crippen LogP contribution in [0, 0.1) is 5.92 Å². The summed E-state index contributed by atoms with van der Waals surface area (Å²) in [4.78, 5) is 0. The third-order valence-corrected chi connectivity index (χ3v) is 6.09. The second kappa shape index (κ2) is 6.80. The molecule has 1 heterocycles. The molecule has 1 aliphatic rings. The lowest BCUT2D eigenvalue weighted by Gasteiger charge is -2.31. The number of hydrogen-bond donors (Lipinski definition) is 0. The molecule has 0 aromatic heterocycles. The van der Waals surface area contributed by atoms with Crippen molar-refractivity contribution in [2.75, 3.05) is 6.61 Å². The zero-order chi connectivity index (χ0) is 17.2. The molecule has 0 spiro atoms. The minimum absolute atomic E-state index is 0.0525. The Balaban J connectivity index is 2.31. The molecule has 0 saturated heterocycles. The second-order valence-electron chi connectivity index (χ2n) is 5.66. The lowest BCUT2D eigenvalue weighted by Crippen LogP contribution is -2.22. The molecule has 24 heavy (non-hydrogen) atoms. The van der Waals surface area contributed by atoms with Crippen LogP contribution >= 0.6 is 7.60 Å². The van der Waals surface area contributed by atoms with Gasteiger partial charge in [-0.3, -0.25) is 4.52 Å². The maximum atomic E-state index is 13.4. The van der Waals surface area contributed by atoms with Crippen LogP contribution in [0.2, 0.25) is 0 Å². The summed E-state index contributed by atoms with van der Waals surface area (Å²) in [5.74, 6) is 0.662. The third kappa shape index (κ3) is 2.86. The Morgan fingerprint density at radius 3 is 2.50 bits per heavy atom. The number of rotatable bonds is 5. The summed E-state index contributed by atoms with van der Waals surface area (Å²) in [7, 11) is -3.40. The topological polar surface area (TPSA) is 35.5 Å². The molecule has 3 rings (SSSR count). The monoisotopic (exact) mass is 340 g/mol. The molecule has 3 nitrogen and oxygen atoms in total. The quantitative estimate of drug-likeness (QED) is 0.550. The summed E-state index contributed by atoms with van der Waals surface area (Å²) in [5, 5.41) is 0.621. The van der Waals surface area contributed by atoms with Gasteiger partial charge in [0.05, 0.1) is 11.9 Å². The Morgan fingerprint density at radius 2 is 1.83 bits per heavy atom. The van der Waals surface area contributed by atoms with Crippen LogP contribution in [0.5, 0.6) is 0 Å². The summed E-state index contributed by atoms with van der Waals surface area (Å²) >= 11 is 0. The van der Waals surface area contributed by atoms with Crippen LogP contribution in [0.4, 0.5) is 0 Å². The van der Waals surface area contributed by atoms with Gasteiger partial charge in [-0.15, -0.1) is 6.58 Å². The Hall–Kier alpha value is -2.09. The van der Waals surface area contributed by atoms with Crippen LogP contribution in [0.1, 0.15) is 25.0 Å². The summed E-state index contributed by atoms with van der Waals surface area (Å²) in [5.41, 5.74) is 2.78. The smallest absolute Gasteiger partial charge is 0.411 e. The van der Waals surface area contributed by atoms with Gasteiger partial charge in [-0.2, -0.15) is 0 Å². The molecule has 2 aromatic carbocycles. The third-order valence-electron chi connectivity index (χ3n) is 4.09. The van der Waals surface area contributed by atoms with E-state index in [0.717, 1.165) is 16.7 Å². The molecule has 0 amide bonds. The van der Waals surface area contributed by atoms with Gasteiger partial charge in [-0.25, -0.2) is 4.57 Å². The van der Waals surface area contributed by atoms with Crippen LogP contribution < -0.4 is 5.30 Å². The maximum absolute atomic E-state index is 13.4. The summed E-state index contributed by atoms with van der Waals surface area (Å²) < 4.78 is 25.0. The van der Waals surface area contributed by atoms with Crippen molar-refractivity contribution < 1.29 is 13.6 Å². The molecular formula is C20H21O3P. The van der Waals surface area contributed by atoms with E-state index in [0.29, 0.717) is 17.7 Å². The van der Waals surface area contributed by atoms with Crippen molar-refractivity contribution in [3.63, 3.8) is 0 Å². The number of benzene rings is 2. The normalized spacial score (nSPS) is 20.9. The molecule has 1 aliphatic heterocycles. The Labute approximate surface area is 143 Å². The van der Waals surface area contributed by atoms with Gasteiger partial charge in [0, 0.05) is 17.1 Å². The molecule has 4 heteroatoms. The van der Waals surface area contributed by atoms with E-state index in [1.54, 1.807) is 0 Å². The van der Waals surface area contributed by atoms with Gasteiger partial charge in [0.1, 0.15) is 5.76 Å². The van der Waals surface area contributed by atoms with Gasteiger partial charge in [0.2, 0.25) is 0 Å². The highest BCUT2D eigenvalue weighted by atomic mass is 31.2. The predicted octanol–water partition coefficient (Wildman–Crippen LogP) is 5.26. The number of fused-ring (bicyclic) bond motifs is 1. The van der Waals surface area contributed by atoms with Crippen LogP contribution in [0.3, 0.4) is 0 Å². The molecule has 0 fully saturated rings. The van der Waals surface area contributed by atoms with E-state index in [9.17, 15) is 4.57 Å². The van der Waals surface area contributed by atoms with Crippen LogP contribution in [-0.2, 0) is 13.6 Å². The molecule has 0 bridgehead atoms. The summed E-state index contributed by atoms with van der Waals surface area (Å²) in [6.45, 7) is 8.12. The van der Waals surface area contributed by atoms with E-state index in [-0.39, 0.29) is 5.92 Å². The van der Waals surface area contributed by atoms with Gasteiger partial charge in [0.15, 0.2) is 0 Å². The first-order valence-corrected chi connectivity index (χ1v) is 9.61. The van der Waals surface area contributed by atoms with E-state index < -0.39 is 7.60 Å². The molecule has 0 N–H and O–H groups in total. The largest absolute Gasteiger partial charge is 0.420 e. The zero-order valence-electron chi connectivity index (χ0n) is 13.9. The van der Waals surface area contributed by atoms with E-state index in [2.05, 4.69) is 13.5 Å². The lowest BCUT2D eigenvalue weighted by molar-refractivity contribution is 0.278. The zero-order valence-corrected chi connectivity index (χ0v) is 14.8.